The molecule has 0 heterocycles. The SMILES string of the molecule is CC(CO)C(C)NC(=O)NCc1ccc(F)cc1C(F)(F)F. The molecule has 0 aliphatic carbocycles. The fraction of sp³-hybridized carbons (Fsp3) is 0.500. The Morgan fingerprint density at radius 3 is 2.50 bits per heavy atom. The van der Waals surface area contributed by atoms with Crippen LogP contribution in [0.15, 0.2) is 18.2 Å². The van der Waals surface area contributed by atoms with Gasteiger partial charge in [0, 0.05) is 19.2 Å². The number of amides is 2. The number of halogens is 4. The molecule has 0 aliphatic heterocycles. The maximum Gasteiger partial charge on any atom is 0.416 e. The zero-order chi connectivity index (χ0) is 16.9. The van der Waals surface area contributed by atoms with Crippen LogP contribution >= 0.6 is 0 Å². The van der Waals surface area contributed by atoms with E-state index in [2.05, 4.69) is 10.6 Å². The molecule has 0 fully saturated rings. The average Bonchev–Trinajstić information content (AvgIpc) is 2.43. The molecule has 124 valence electrons. The summed E-state index contributed by atoms with van der Waals surface area (Å²) in [6.07, 6.45) is -4.70. The molecular weight excluding hydrogens is 304 g/mol. The van der Waals surface area contributed by atoms with Crippen molar-refractivity contribution in [1.29, 1.82) is 0 Å². The van der Waals surface area contributed by atoms with E-state index in [1.165, 1.54) is 0 Å². The Morgan fingerprint density at radius 1 is 1.32 bits per heavy atom. The van der Waals surface area contributed by atoms with Crippen LogP contribution in [0.5, 0.6) is 0 Å². The van der Waals surface area contributed by atoms with E-state index in [1.54, 1.807) is 13.8 Å². The molecule has 0 spiro atoms. The van der Waals surface area contributed by atoms with Gasteiger partial charge in [0.05, 0.1) is 5.56 Å². The normalized spacial score (nSPS) is 14.3. The Bertz CT molecular complexity index is 520. The van der Waals surface area contributed by atoms with Crippen molar-refractivity contribution in [3.63, 3.8) is 0 Å². The van der Waals surface area contributed by atoms with Crippen LogP contribution < -0.4 is 10.6 Å². The van der Waals surface area contributed by atoms with Gasteiger partial charge in [-0.1, -0.05) is 13.0 Å². The van der Waals surface area contributed by atoms with Gasteiger partial charge in [-0.3, -0.25) is 0 Å². The van der Waals surface area contributed by atoms with Crippen molar-refractivity contribution >= 4 is 6.03 Å². The van der Waals surface area contributed by atoms with Gasteiger partial charge in [0.1, 0.15) is 5.82 Å². The van der Waals surface area contributed by atoms with E-state index < -0.39 is 23.6 Å². The third kappa shape index (κ3) is 5.18. The molecule has 2 atom stereocenters. The lowest BCUT2D eigenvalue weighted by Gasteiger charge is -2.20. The number of carbonyl (C=O) groups is 1. The quantitative estimate of drug-likeness (QED) is 0.730. The molecular formula is C14H18F4N2O2. The lowest BCUT2D eigenvalue weighted by atomic mass is 10.1. The topological polar surface area (TPSA) is 61.4 Å². The molecule has 0 aliphatic rings. The summed E-state index contributed by atoms with van der Waals surface area (Å²) in [5.74, 6) is -1.19. The highest BCUT2D eigenvalue weighted by Gasteiger charge is 2.33. The second-order valence-corrected chi connectivity index (χ2v) is 5.07. The minimum atomic E-state index is -4.70. The number of benzene rings is 1. The number of alkyl halides is 3. The summed E-state index contributed by atoms with van der Waals surface area (Å²) >= 11 is 0. The van der Waals surface area contributed by atoms with Crippen LogP contribution in [0.4, 0.5) is 22.4 Å². The summed E-state index contributed by atoms with van der Waals surface area (Å²) in [5.41, 5.74) is -1.35. The van der Waals surface area contributed by atoms with E-state index in [9.17, 15) is 22.4 Å². The summed E-state index contributed by atoms with van der Waals surface area (Å²) in [4.78, 5) is 11.6. The number of nitrogens with one attached hydrogen (secondary N) is 2. The van der Waals surface area contributed by atoms with Crippen molar-refractivity contribution in [2.75, 3.05) is 6.61 Å². The molecule has 0 bridgehead atoms. The molecule has 22 heavy (non-hydrogen) atoms. The van der Waals surface area contributed by atoms with Gasteiger partial charge < -0.3 is 15.7 Å². The molecule has 3 N–H and O–H groups in total. The number of aliphatic hydroxyl groups is 1. The Hall–Kier alpha value is -1.83. The number of rotatable bonds is 5. The van der Waals surface area contributed by atoms with E-state index in [-0.39, 0.29) is 30.7 Å². The van der Waals surface area contributed by atoms with Crippen molar-refractivity contribution in [2.24, 2.45) is 5.92 Å². The first-order valence-electron chi connectivity index (χ1n) is 6.66. The van der Waals surface area contributed by atoms with Gasteiger partial charge >= 0.3 is 12.2 Å². The van der Waals surface area contributed by atoms with E-state index in [4.69, 9.17) is 5.11 Å². The largest absolute Gasteiger partial charge is 0.416 e. The monoisotopic (exact) mass is 322 g/mol. The van der Waals surface area contributed by atoms with Crippen LogP contribution in [-0.4, -0.2) is 23.8 Å². The predicted octanol–water partition coefficient (Wildman–Crippen LogP) is 2.66. The fourth-order valence-electron chi connectivity index (χ4n) is 1.70. The Morgan fingerprint density at radius 2 is 1.95 bits per heavy atom. The summed E-state index contributed by atoms with van der Waals surface area (Å²) in [7, 11) is 0. The molecule has 1 aromatic rings. The molecule has 0 saturated carbocycles. The molecule has 2 amide bonds. The summed E-state index contributed by atoms with van der Waals surface area (Å²) in [5, 5.41) is 13.7. The second-order valence-electron chi connectivity index (χ2n) is 5.07. The summed E-state index contributed by atoms with van der Waals surface area (Å²) in [6.45, 7) is 2.87. The highest BCUT2D eigenvalue weighted by atomic mass is 19.4. The Labute approximate surface area is 125 Å². The molecule has 1 aromatic carbocycles. The first-order valence-corrected chi connectivity index (χ1v) is 6.66. The molecule has 2 unspecified atom stereocenters. The van der Waals surface area contributed by atoms with Gasteiger partial charge in [-0.05, 0) is 30.5 Å². The van der Waals surface area contributed by atoms with Gasteiger partial charge in [-0.25, -0.2) is 9.18 Å². The van der Waals surface area contributed by atoms with Crippen LogP contribution in [0.1, 0.15) is 25.0 Å². The van der Waals surface area contributed by atoms with Crippen molar-refractivity contribution in [3.05, 3.63) is 35.1 Å². The third-order valence-electron chi connectivity index (χ3n) is 3.32. The minimum absolute atomic E-state index is 0.127. The zero-order valence-electron chi connectivity index (χ0n) is 12.2. The fourth-order valence-corrected chi connectivity index (χ4v) is 1.70. The van der Waals surface area contributed by atoms with Gasteiger partial charge in [0.15, 0.2) is 0 Å². The first kappa shape index (κ1) is 18.2. The van der Waals surface area contributed by atoms with Gasteiger partial charge in [0.25, 0.3) is 0 Å². The Balaban J connectivity index is 2.71. The molecule has 0 saturated heterocycles. The van der Waals surface area contributed by atoms with Crippen molar-refractivity contribution in [1.82, 2.24) is 10.6 Å². The van der Waals surface area contributed by atoms with Crippen LogP contribution in [0.2, 0.25) is 0 Å². The standard InChI is InChI=1S/C14H18F4N2O2/c1-8(7-21)9(2)20-13(22)19-6-10-3-4-11(15)5-12(10)14(16,17)18/h3-5,8-9,21H,6-7H2,1-2H3,(H2,19,20,22). The first-order chi connectivity index (χ1) is 10.1. The molecule has 1 rings (SSSR count). The minimum Gasteiger partial charge on any atom is -0.396 e. The summed E-state index contributed by atoms with van der Waals surface area (Å²) < 4.78 is 51.3. The Kier molecular flexibility index (Phi) is 6.16. The maximum atomic E-state index is 13.0. The number of hydrogen-bond donors (Lipinski definition) is 3. The van der Waals surface area contributed by atoms with Gasteiger partial charge in [-0.15, -0.1) is 0 Å². The van der Waals surface area contributed by atoms with Crippen molar-refractivity contribution in [3.8, 4) is 0 Å². The molecule has 8 heteroatoms. The van der Waals surface area contributed by atoms with Crippen molar-refractivity contribution in [2.45, 2.75) is 32.6 Å². The highest BCUT2D eigenvalue weighted by molar-refractivity contribution is 5.74. The van der Waals surface area contributed by atoms with Crippen LogP contribution in [-0.2, 0) is 12.7 Å². The lowest BCUT2D eigenvalue weighted by Crippen LogP contribution is -2.44. The predicted molar refractivity (Wildman–Crippen MR) is 72.5 cm³/mol. The van der Waals surface area contributed by atoms with E-state index in [1.807, 2.05) is 0 Å². The van der Waals surface area contributed by atoms with Crippen LogP contribution in [0, 0.1) is 11.7 Å². The third-order valence-corrected chi connectivity index (χ3v) is 3.32. The van der Waals surface area contributed by atoms with Gasteiger partial charge in [-0.2, -0.15) is 13.2 Å². The zero-order valence-corrected chi connectivity index (χ0v) is 12.2. The molecule has 4 nitrogen and oxygen atoms in total. The van der Waals surface area contributed by atoms with E-state index >= 15 is 0 Å². The van der Waals surface area contributed by atoms with Crippen molar-refractivity contribution < 1.29 is 27.5 Å². The maximum absolute atomic E-state index is 13.0. The average molecular weight is 322 g/mol. The summed E-state index contributed by atoms with van der Waals surface area (Å²) in [6, 6.07) is 1.27. The van der Waals surface area contributed by atoms with Gasteiger partial charge in [0.2, 0.25) is 0 Å². The number of carbonyl (C=O) groups excluding carboxylic acids is 1. The lowest BCUT2D eigenvalue weighted by molar-refractivity contribution is -0.138. The number of hydrogen-bond acceptors (Lipinski definition) is 2. The van der Waals surface area contributed by atoms with Crippen LogP contribution in [0.3, 0.4) is 0 Å². The number of aliphatic hydroxyl groups excluding tert-OH is 1. The molecule has 0 aromatic heterocycles. The highest BCUT2D eigenvalue weighted by Crippen LogP contribution is 2.32. The smallest absolute Gasteiger partial charge is 0.396 e. The van der Waals surface area contributed by atoms with Crippen LogP contribution in [0.25, 0.3) is 0 Å². The van der Waals surface area contributed by atoms with E-state index in [0.717, 1.165) is 12.1 Å². The second kappa shape index (κ2) is 7.44. The number of urea groups is 1. The molecule has 0 radical (unpaired) electrons. The van der Waals surface area contributed by atoms with E-state index in [0.29, 0.717) is 6.07 Å².